The van der Waals surface area contributed by atoms with Crippen molar-refractivity contribution >= 4 is 17.0 Å². The van der Waals surface area contributed by atoms with E-state index in [-0.39, 0.29) is 0 Å². The lowest BCUT2D eigenvalue weighted by atomic mass is 10.1. The molecule has 0 aliphatic carbocycles. The lowest BCUT2D eigenvalue weighted by Gasteiger charge is -2.09. The first-order valence-electron chi connectivity index (χ1n) is 9.27. The predicted octanol–water partition coefficient (Wildman–Crippen LogP) is 5.84. The summed E-state index contributed by atoms with van der Waals surface area (Å²) < 4.78 is 4.23. The SMILES string of the molecule is Cc1ccc(-c2ccnc3cc(-c4sccc4-n4c(C)ccc4C)nn23)cc1. The van der Waals surface area contributed by atoms with E-state index in [0.717, 1.165) is 27.5 Å². The molecule has 0 fully saturated rings. The molecule has 5 aromatic rings. The molecule has 0 aliphatic rings. The predicted molar refractivity (Wildman–Crippen MR) is 115 cm³/mol. The van der Waals surface area contributed by atoms with Crippen molar-refractivity contribution in [3.63, 3.8) is 0 Å². The van der Waals surface area contributed by atoms with E-state index in [1.165, 1.54) is 22.6 Å². The highest BCUT2D eigenvalue weighted by atomic mass is 32.1. The molecule has 0 bridgehead atoms. The number of hydrogen-bond donors (Lipinski definition) is 0. The van der Waals surface area contributed by atoms with E-state index in [9.17, 15) is 0 Å². The van der Waals surface area contributed by atoms with E-state index < -0.39 is 0 Å². The van der Waals surface area contributed by atoms with Crippen molar-refractivity contribution in [2.24, 2.45) is 0 Å². The normalized spacial score (nSPS) is 11.4. The highest BCUT2D eigenvalue weighted by molar-refractivity contribution is 7.14. The van der Waals surface area contributed by atoms with E-state index in [1.807, 2.05) is 16.8 Å². The first-order valence-corrected chi connectivity index (χ1v) is 10.1. The Balaban J connectivity index is 1.68. The molecule has 138 valence electrons. The maximum absolute atomic E-state index is 4.94. The third-order valence-corrected chi connectivity index (χ3v) is 6.02. The van der Waals surface area contributed by atoms with Crippen LogP contribution in [0, 0.1) is 20.8 Å². The summed E-state index contributed by atoms with van der Waals surface area (Å²) in [4.78, 5) is 5.70. The summed E-state index contributed by atoms with van der Waals surface area (Å²) in [6.45, 7) is 6.37. The minimum Gasteiger partial charge on any atom is -0.317 e. The summed E-state index contributed by atoms with van der Waals surface area (Å²) in [6.07, 6.45) is 1.85. The average Bonchev–Trinajstić information content (AvgIpc) is 3.40. The monoisotopic (exact) mass is 384 g/mol. The van der Waals surface area contributed by atoms with E-state index in [0.29, 0.717) is 0 Å². The van der Waals surface area contributed by atoms with Gasteiger partial charge in [-0.1, -0.05) is 29.8 Å². The molecule has 0 amide bonds. The van der Waals surface area contributed by atoms with Crippen LogP contribution in [0.15, 0.2) is 66.2 Å². The molecule has 0 radical (unpaired) electrons. The summed E-state index contributed by atoms with van der Waals surface area (Å²) in [5, 5.41) is 7.06. The molecule has 4 nitrogen and oxygen atoms in total. The number of thiophene rings is 1. The Labute approximate surface area is 167 Å². The van der Waals surface area contributed by atoms with Crippen LogP contribution in [-0.4, -0.2) is 19.2 Å². The van der Waals surface area contributed by atoms with Crippen LogP contribution in [0.2, 0.25) is 0 Å². The van der Waals surface area contributed by atoms with E-state index in [1.54, 1.807) is 11.3 Å². The van der Waals surface area contributed by atoms with Crippen molar-refractivity contribution in [2.45, 2.75) is 20.8 Å². The Morgan fingerprint density at radius 1 is 0.857 bits per heavy atom. The fourth-order valence-electron chi connectivity index (χ4n) is 3.67. The maximum atomic E-state index is 4.94. The highest BCUT2D eigenvalue weighted by Gasteiger charge is 2.16. The van der Waals surface area contributed by atoms with Gasteiger partial charge in [-0.3, -0.25) is 0 Å². The second-order valence-corrected chi connectivity index (χ2v) is 8.00. The molecule has 1 aromatic carbocycles. The number of rotatable bonds is 3. The van der Waals surface area contributed by atoms with Crippen LogP contribution in [0.5, 0.6) is 0 Å². The summed E-state index contributed by atoms with van der Waals surface area (Å²) >= 11 is 1.71. The number of aromatic nitrogens is 4. The summed E-state index contributed by atoms with van der Waals surface area (Å²) in [5.74, 6) is 0. The molecule has 5 heteroatoms. The summed E-state index contributed by atoms with van der Waals surface area (Å²) in [6, 6.07) is 19.1. The molecular formula is C23H20N4S. The maximum Gasteiger partial charge on any atom is 0.156 e. The van der Waals surface area contributed by atoms with Gasteiger partial charge >= 0.3 is 0 Å². The van der Waals surface area contributed by atoms with Crippen molar-refractivity contribution in [2.75, 3.05) is 0 Å². The van der Waals surface area contributed by atoms with Gasteiger partial charge in [-0.25, -0.2) is 9.50 Å². The molecule has 4 aromatic heterocycles. The Morgan fingerprint density at radius 2 is 1.61 bits per heavy atom. The molecule has 0 saturated carbocycles. The molecule has 5 rings (SSSR count). The second kappa shape index (κ2) is 6.46. The van der Waals surface area contributed by atoms with Gasteiger partial charge in [-0.15, -0.1) is 11.3 Å². The van der Waals surface area contributed by atoms with Crippen molar-refractivity contribution in [1.82, 2.24) is 19.2 Å². The van der Waals surface area contributed by atoms with Crippen molar-refractivity contribution in [1.29, 1.82) is 0 Å². The zero-order valence-electron chi connectivity index (χ0n) is 16.0. The number of benzene rings is 1. The summed E-state index contributed by atoms with van der Waals surface area (Å²) in [5.41, 5.74) is 8.84. The average molecular weight is 385 g/mol. The van der Waals surface area contributed by atoms with Gasteiger partial charge in [0.2, 0.25) is 0 Å². The van der Waals surface area contributed by atoms with E-state index in [2.05, 4.69) is 84.2 Å². The van der Waals surface area contributed by atoms with Crippen LogP contribution >= 0.6 is 11.3 Å². The molecule has 28 heavy (non-hydrogen) atoms. The first-order chi connectivity index (χ1) is 13.6. The molecule has 0 saturated heterocycles. The quantitative estimate of drug-likeness (QED) is 0.392. The van der Waals surface area contributed by atoms with Gasteiger partial charge < -0.3 is 4.57 Å². The Hall–Kier alpha value is -3.18. The largest absolute Gasteiger partial charge is 0.317 e. The standard InChI is InChI=1S/C23H20N4S/c1-15-4-8-18(9-5-15)20-10-12-24-22-14-19(25-27(20)22)23-21(11-13-28-23)26-16(2)6-7-17(26)3/h4-14H,1-3H3. The van der Waals surface area contributed by atoms with Gasteiger partial charge in [-0.2, -0.15) is 5.10 Å². The van der Waals surface area contributed by atoms with Gasteiger partial charge in [0.15, 0.2) is 5.65 Å². The van der Waals surface area contributed by atoms with Gasteiger partial charge in [0.25, 0.3) is 0 Å². The molecular weight excluding hydrogens is 364 g/mol. The fourth-order valence-corrected chi connectivity index (χ4v) is 4.50. The van der Waals surface area contributed by atoms with E-state index in [4.69, 9.17) is 5.10 Å². The van der Waals surface area contributed by atoms with Crippen LogP contribution in [0.1, 0.15) is 17.0 Å². The third-order valence-electron chi connectivity index (χ3n) is 5.09. The minimum absolute atomic E-state index is 0.855. The topological polar surface area (TPSA) is 35.1 Å². The van der Waals surface area contributed by atoms with Crippen LogP contribution < -0.4 is 0 Å². The molecule has 0 spiro atoms. The van der Waals surface area contributed by atoms with Gasteiger partial charge in [0.05, 0.1) is 16.3 Å². The molecule has 0 aliphatic heterocycles. The van der Waals surface area contributed by atoms with Crippen LogP contribution in [-0.2, 0) is 0 Å². The second-order valence-electron chi connectivity index (χ2n) is 7.08. The lowest BCUT2D eigenvalue weighted by Crippen LogP contribution is -1.99. The lowest BCUT2D eigenvalue weighted by molar-refractivity contribution is 0.946. The number of aryl methyl sites for hydroxylation is 3. The number of nitrogens with zero attached hydrogens (tertiary/aromatic N) is 4. The third kappa shape index (κ3) is 2.67. The van der Waals surface area contributed by atoms with Crippen molar-refractivity contribution in [3.8, 4) is 27.5 Å². The Kier molecular flexibility index (Phi) is 3.91. The molecule has 4 heterocycles. The highest BCUT2D eigenvalue weighted by Crippen LogP contribution is 2.34. The van der Waals surface area contributed by atoms with Gasteiger partial charge in [0, 0.05) is 29.2 Å². The smallest absolute Gasteiger partial charge is 0.156 e. The van der Waals surface area contributed by atoms with Gasteiger partial charge in [0.1, 0.15) is 5.69 Å². The number of fused-ring (bicyclic) bond motifs is 1. The summed E-state index contributed by atoms with van der Waals surface area (Å²) in [7, 11) is 0. The van der Waals surface area contributed by atoms with Gasteiger partial charge in [-0.05, 0) is 50.4 Å². The minimum atomic E-state index is 0.855. The molecule has 0 unspecified atom stereocenters. The Bertz CT molecular complexity index is 1270. The van der Waals surface area contributed by atoms with Crippen LogP contribution in [0.3, 0.4) is 0 Å². The molecule has 0 N–H and O–H groups in total. The van der Waals surface area contributed by atoms with Crippen LogP contribution in [0.4, 0.5) is 0 Å². The Morgan fingerprint density at radius 3 is 2.36 bits per heavy atom. The van der Waals surface area contributed by atoms with Crippen molar-refractivity contribution in [3.05, 3.63) is 83.1 Å². The zero-order valence-corrected chi connectivity index (χ0v) is 16.9. The molecule has 0 atom stereocenters. The van der Waals surface area contributed by atoms with Crippen LogP contribution in [0.25, 0.3) is 33.2 Å². The zero-order chi connectivity index (χ0) is 19.3. The van der Waals surface area contributed by atoms with Crippen molar-refractivity contribution < 1.29 is 0 Å². The fraction of sp³-hybridized carbons (Fsp3) is 0.130. The first kappa shape index (κ1) is 17.0. The number of hydrogen-bond acceptors (Lipinski definition) is 3. The van der Waals surface area contributed by atoms with E-state index >= 15 is 0 Å².